The van der Waals surface area contributed by atoms with E-state index in [0.717, 1.165) is 0 Å². The predicted molar refractivity (Wildman–Crippen MR) is 73.3 cm³/mol. The minimum absolute atomic E-state index is 0.131. The Morgan fingerprint density at radius 2 is 2.05 bits per heavy atom. The van der Waals surface area contributed by atoms with Crippen LogP contribution in [0.25, 0.3) is 0 Å². The van der Waals surface area contributed by atoms with Crippen molar-refractivity contribution < 1.29 is 24.5 Å². The molecule has 0 fully saturated rings. The molecule has 0 unspecified atom stereocenters. The maximum absolute atomic E-state index is 11.2. The Hall–Kier alpha value is -2.54. The number of benzene rings is 1. The molecule has 0 spiro atoms. The van der Waals surface area contributed by atoms with E-state index in [4.69, 9.17) is 26.6 Å². The SMILES string of the molecule is COc1ccc(Cn2cnc(C(=O)O)c2C(=O)O)cc1Cl. The number of rotatable bonds is 5. The van der Waals surface area contributed by atoms with Crippen molar-refractivity contribution in [3.63, 3.8) is 0 Å². The Bertz CT molecular complexity index is 711. The number of halogens is 1. The summed E-state index contributed by atoms with van der Waals surface area (Å²) in [6.45, 7) is 0.131. The van der Waals surface area contributed by atoms with E-state index in [1.807, 2.05) is 0 Å². The van der Waals surface area contributed by atoms with Gasteiger partial charge in [-0.25, -0.2) is 14.6 Å². The molecule has 1 aromatic carbocycles. The second-order valence-corrected chi connectivity index (χ2v) is 4.56. The van der Waals surface area contributed by atoms with Gasteiger partial charge in [0.15, 0.2) is 11.4 Å². The third-order valence-electron chi connectivity index (χ3n) is 2.81. The summed E-state index contributed by atoms with van der Waals surface area (Å²) in [5.41, 5.74) is -0.186. The highest BCUT2D eigenvalue weighted by atomic mass is 35.5. The summed E-state index contributed by atoms with van der Waals surface area (Å²) in [4.78, 5) is 25.8. The van der Waals surface area contributed by atoms with E-state index in [2.05, 4.69) is 4.98 Å². The van der Waals surface area contributed by atoms with Gasteiger partial charge in [-0.05, 0) is 17.7 Å². The molecule has 0 radical (unpaired) electrons. The van der Waals surface area contributed by atoms with Crippen LogP contribution in [0.4, 0.5) is 0 Å². The third-order valence-corrected chi connectivity index (χ3v) is 3.11. The van der Waals surface area contributed by atoms with Gasteiger partial charge in [0.05, 0.1) is 18.5 Å². The van der Waals surface area contributed by atoms with Crippen molar-refractivity contribution in [2.75, 3.05) is 7.11 Å². The number of imidazole rings is 1. The Kier molecular flexibility index (Phi) is 4.13. The van der Waals surface area contributed by atoms with E-state index in [1.54, 1.807) is 18.2 Å². The van der Waals surface area contributed by atoms with Crippen molar-refractivity contribution in [1.82, 2.24) is 9.55 Å². The van der Waals surface area contributed by atoms with Crippen LogP contribution in [0.15, 0.2) is 24.5 Å². The van der Waals surface area contributed by atoms with Crippen LogP contribution in [0, 0.1) is 0 Å². The van der Waals surface area contributed by atoms with Crippen molar-refractivity contribution in [3.8, 4) is 5.75 Å². The van der Waals surface area contributed by atoms with Crippen LogP contribution in [0.3, 0.4) is 0 Å². The van der Waals surface area contributed by atoms with E-state index in [1.165, 1.54) is 18.0 Å². The fraction of sp³-hybridized carbons (Fsp3) is 0.154. The van der Waals surface area contributed by atoms with Crippen molar-refractivity contribution in [3.05, 3.63) is 46.5 Å². The Morgan fingerprint density at radius 1 is 1.33 bits per heavy atom. The quantitative estimate of drug-likeness (QED) is 0.875. The summed E-state index contributed by atoms with van der Waals surface area (Å²) in [5, 5.41) is 18.4. The number of carboxylic acids is 2. The smallest absolute Gasteiger partial charge is 0.357 e. The van der Waals surface area contributed by atoms with Gasteiger partial charge >= 0.3 is 11.9 Å². The molecule has 8 heteroatoms. The molecule has 2 rings (SSSR count). The third kappa shape index (κ3) is 2.97. The van der Waals surface area contributed by atoms with Gasteiger partial charge in [-0.2, -0.15) is 0 Å². The summed E-state index contributed by atoms with van der Waals surface area (Å²) in [7, 11) is 1.48. The highest BCUT2D eigenvalue weighted by molar-refractivity contribution is 6.32. The molecule has 0 saturated heterocycles. The van der Waals surface area contributed by atoms with Crippen molar-refractivity contribution in [2.45, 2.75) is 6.54 Å². The molecule has 0 amide bonds. The van der Waals surface area contributed by atoms with Crippen LogP contribution < -0.4 is 4.74 Å². The second kappa shape index (κ2) is 5.84. The highest BCUT2D eigenvalue weighted by Crippen LogP contribution is 2.25. The average Bonchev–Trinajstić information content (AvgIpc) is 2.83. The fourth-order valence-corrected chi connectivity index (χ4v) is 2.17. The first-order valence-corrected chi connectivity index (χ1v) is 6.16. The number of aromatic carboxylic acids is 2. The zero-order chi connectivity index (χ0) is 15.6. The van der Waals surface area contributed by atoms with Gasteiger partial charge in [0.1, 0.15) is 5.75 Å². The minimum Gasteiger partial charge on any atom is -0.495 e. The number of methoxy groups -OCH3 is 1. The van der Waals surface area contributed by atoms with Gasteiger partial charge in [-0.15, -0.1) is 0 Å². The Balaban J connectivity index is 2.38. The molecular formula is C13H11ClN2O5. The average molecular weight is 311 g/mol. The number of hydrogen-bond donors (Lipinski definition) is 2. The van der Waals surface area contributed by atoms with E-state index >= 15 is 0 Å². The molecule has 1 heterocycles. The Labute approximate surface area is 124 Å². The van der Waals surface area contributed by atoms with Gasteiger partial charge in [0, 0.05) is 6.54 Å². The zero-order valence-corrected chi connectivity index (χ0v) is 11.7. The summed E-state index contributed by atoms with van der Waals surface area (Å²) >= 11 is 5.99. The molecular weight excluding hydrogens is 300 g/mol. The van der Waals surface area contributed by atoms with Gasteiger partial charge in [-0.1, -0.05) is 17.7 Å². The molecule has 0 aliphatic rings. The first-order chi connectivity index (χ1) is 9.93. The first kappa shape index (κ1) is 14.9. The molecule has 0 bridgehead atoms. The van der Waals surface area contributed by atoms with E-state index in [0.29, 0.717) is 16.3 Å². The van der Waals surface area contributed by atoms with Crippen LogP contribution in [-0.4, -0.2) is 38.8 Å². The van der Waals surface area contributed by atoms with Gasteiger partial charge < -0.3 is 19.5 Å². The lowest BCUT2D eigenvalue weighted by atomic mass is 10.2. The fourth-order valence-electron chi connectivity index (χ4n) is 1.89. The normalized spacial score (nSPS) is 10.4. The molecule has 21 heavy (non-hydrogen) atoms. The molecule has 0 saturated carbocycles. The summed E-state index contributed by atoms with van der Waals surface area (Å²) in [5.74, 6) is -2.25. The number of carboxylic acid groups (broad SMARTS) is 2. The van der Waals surface area contributed by atoms with Crippen LogP contribution in [0.1, 0.15) is 26.5 Å². The topological polar surface area (TPSA) is 102 Å². The number of aromatic nitrogens is 2. The van der Waals surface area contributed by atoms with Crippen molar-refractivity contribution in [2.24, 2.45) is 0 Å². The summed E-state index contributed by atoms with van der Waals surface area (Å²) in [6, 6.07) is 4.97. The van der Waals surface area contributed by atoms with E-state index in [9.17, 15) is 9.59 Å². The van der Waals surface area contributed by atoms with E-state index in [-0.39, 0.29) is 12.2 Å². The molecule has 110 valence electrons. The maximum atomic E-state index is 11.2. The number of ether oxygens (including phenoxy) is 1. The molecule has 0 aliphatic carbocycles. The number of nitrogens with zero attached hydrogens (tertiary/aromatic N) is 2. The maximum Gasteiger partial charge on any atom is 0.357 e. The Morgan fingerprint density at radius 3 is 2.57 bits per heavy atom. The lowest BCUT2D eigenvalue weighted by Gasteiger charge is -2.08. The van der Waals surface area contributed by atoms with Gasteiger partial charge in [0.2, 0.25) is 0 Å². The summed E-state index contributed by atoms with van der Waals surface area (Å²) < 4.78 is 6.26. The van der Waals surface area contributed by atoms with Crippen LogP contribution in [0.5, 0.6) is 5.75 Å². The largest absolute Gasteiger partial charge is 0.495 e. The summed E-state index contributed by atoms with van der Waals surface area (Å²) in [6.07, 6.45) is 1.17. The lowest BCUT2D eigenvalue weighted by Crippen LogP contribution is -2.13. The van der Waals surface area contributed by atoms with Crippen molar-refractivity contribution in [1.29, 1.82) is 0 Å². The monoisotopic (exact) mass is 310 g/mol. The highest BCUT2D eigenvalue weighted by Gasteiger charge is 2.23. The van der Waals surface area contributed by atoms with Crippen LogP contribution >= 0.6 is 11.6 Å². The van der Waals surface area contributed by atoms with Crippen LogP contribution in [0.2, 0.25) is 5.02 Å². The zero-order valence-electron chi connectivity index (χ0n) is 10.9. The predicted octanol–water partition coefficient (Wildman–Crippen LogP) is 1.99. The second-order valence-electron chi connectivity index (χ2n) is 4.15. The molecule has 7 nitrogen and oxygen atoms in total. The van der Waals surface area contributed by atoms with Crippen LogP contribution in [-0.2, 0) is 6.54 Å². The molecule has 2 N–H and O–H groups in total. The molecule has 0 atom stereocenters. The van der Waals surface area contributed by atoms with Crippen molar-refractivity contribution >= 4 is 23.5 Å². The lowest BCUT2D eigenvalue weighted by molar-refractivity contribution is 0.0640. The standard InChI is InChI=1S/C13H11ClN2O5/c1-21-9-3-2-7(4-8(9)14)5-16-6-15-10(12(17)18)11(16)13(19)20/h2-4,6H,5H2,1H3,(H,17,18)(H,19,20). The minimum atomic E-state index is -1.39. The number of hydrogen-bond acceptors (Lipinski definition) is 4. The first-order valence-electron chi connectivity index (χ1n) is 5.78. The number of carbonyl (C=O) groups is 2. The molecule has 0 aliphatic heterocycles. The van der Waals surface area contributed by atoms with Gasteiger partial charge in [0.25, 0.3) is 0 Å². The molecule has 2 aromatic rings. The van der Waals surface area contributed by atoms with Gasteiger partial charge in [-0.3, -0.25) is 0 Å². The molecule has 1 aromatic heterocycles. The van der Waals surface area contributed by atoms with E-state index < -0.39 is 17.6 Å².